The van der Waals surface area contributed by atoms with Crippen LogP contribution in [0.15, 0.2) is 87.8 Å². The maximum Gasteiger partial charge on any atom is 0.198 e. The van der Waals surface area contributed by atoms with E-state index in [0.29, 0.717) is 0 Å². The van der Waals surface area contributed by atoms with E-state index in [1.54, 1.807) is 0 Å². The number of rotatable bonds is 6. The normalized spacial score (nSPS) is 14.1. The Morgan fingerprint density at radius 2 is 0.757 bits per heavy atom. The van der Waals surface area contributed by atoms with Crippen LogP contribution in [0.1, 0.15) is 20.8 Å². The first-order chi connectivity index (χ1) is 17.5. The summed E-state index contributed by atoms with van der Waals surface area (Å²) in [4.78, 5) is 18.3. The molecule has 0 bridgehead atoms. The molecule has 0 heterocycles. The Bertz CT molecular complexity index is 1150. The molecule has 0 unspecified atom stereocenters. The van der Waals surface area contributed by atoms with Crippen molar-refractivity contribution in [3.8, 4) is 0 Å². The SMILES string of the molecule is CC(=Nc1cccc(P(c2cccc(N=C(C)[NH+](C)C)c2)c2cccc(N=C(C)[NH+](C)C)c2)c1)[NH+](C)C. The molecule has 0 aliphatic carbocycles. The van der Waals surface area contributed by atoms with Crippen LogP contribution in [0.3, 0.4) is 0 Å². The van der Waals surface area contributed by atoms with Crippen LogP contribution in [0.2, 0.25) is 0 Å². The Balaban J connectivity index is 2.19. The fraction of sp³-hybridized carbons (Fsp3) is 0.300. The third kappa shape index (κ3) is 7.98. The molecule has 7 heteroatoms. The fourth-order valence-corrected chi connectivity index (χ4v) is 5.85. The molecule has 6 nitrogen and oxygen atoms in total. The first-order valence-corrected chi connectivity index (χ1v) is 14.1. The Morgan fingerprint density at radius 3 is 1.00 bits per heavy atom. The van der Waals surface area contributed by atoms with E-state index in [9.17, 15) is 0 Å². The number of quaternary nitrogens is 3. The molecule has 37 heavy (non-hydrogen) atoms. The standard InChI is InChI=1S/C30H39N6P/c1-22(34(4)5)31-25-13-10-16-28(19-25)37(29-17-11-14-26(20-29)32-23(2)35(6)7)30-18-12-15-27(21-30)33-24(3)36(8)9/h10-21H,1-9H3/p+3. The van der Waals surface area contributed by atoms with Gasteiger partial charge in [-0.15, -0.1) is 0 Å². The van der Waals surface area contributed by atoms with Crippen LogP contribution in [0.4, 0.5) is 17.1 Å². The Labute approximate surface area is 223 Å². The van der Waals surface area contributed by atoms with Crippen molar-refractivity contribution in [3.05, 3.63) is 72.8 Å². The molecule has 0 aliphatic heterocycles. The second kappa shape index (κ2) is 13.0. The van der Waals surface area contributed by atoms with Gasteiger partial charge in [-0.25, -0.2) is 15.0 Å². The maximum absolute atomic E-state index is 4.88. The van der Waals surface area contributed by atoms with Crippen LogP contribution in [0, 0.1) is 0 Å². The smallest absolute Gasteiger partial charge is 0.198 e. The van der Waals surface area contributed by atoms with E-state index in [4.69, 9.17) is 15.0 Å². The van der Waals surface area contributed by atoms with E-state index in [-0.39, 0.29) is 0 Å². The molecule has 3 aromatic rings. The molecule has 0 spiro atoms. The van der Waals surface area contributed by atoms with Gasteiger partial charge in [-0.3, -0.25) is 14.7 Å². The second-order valence-electron chi connectivity index (χ2n) is 9.99. The first-order valence-electron chi connectivity index (χ1n) is 12.7. The zero-order chi connectivity index (χ0) is 27.1. The quantitative estimate of drug-likeness (QED) is 0.249. The van der Waals surface area contributed by atoms with E-state index in [1.165, 1.54) is 30.6 Å². The van der Waals surface area contributed by atoms with Crippen molar-refractivity contribution in [2.24, 2.45) is 15.0 Å². The summed E-state index contributed by atoms with van der Waals surface area (Å²) in [6, 6.07) is 25.9. The second-order valence-corrected chi connectivity index (χ2v) is 12.2. The zero-order valence-corrected chi connectivity index (χ0v) is 24.6. The fourth-order valence-electron chi connectivity index (χ4n) is 3.47. The summed E-state index contributed by atoms with van der Waals surface area (Å²) in [6.07, 6.45) is 0. The predicted octanol–water partition coefficient (Wildman–Crippen LogP) is 1.03. The summed E-state index contributed by atoms with van der Waals surface area (Å²) in [5.74, 6) is 3.16. The van der Waals surface area contributed by atoms with E-state index in [1.807, 2.05) is 0 Å². The molecule has 3 aromatic carbocycles. The molecule has 0 radical (unpaired) electrons. The van der Waals surface area contributed by atoms with E-state index in [2.05, 4.69) is 136 Å². The third-order valence-corrected chi connectivity index (χ3v) is 8.71. The summed E-state index contributed by atoms with van der Waals surface area (Å²) in [5, 5.41) is 3.76. The summed E-state index contributed by atoms with van der Waals surface area (Å²) in [6.45, 7) is 6.20. The first kappa shape index (κ1) is 28.5. The van der Waals surface area contributed by atoms with E-state index < -0.39 is 7.92 Å². The van der Waals surface area contributed by atoms with Gasteiger partial charge in [0, 0.05) is 20.8 Å². The molecule has 0 atom stereocenters. The van der Waals surface area contributed by atoms with Gasteiger partial charge >= 0.3 is 0 Å². The van der Waals surface area contributed by atoms with Crippen molar-refractivity contribution < 1.29 is 14.7 Å². The maximum atomic E-state index is 4.88. The molecule has 0 aromatic heterocycles. The number of nitrogens with zero attached hydrogens (tertiary/aromatic N) is 3. The summed E-state index contributed by atoms with van der Waals surface area (Å²) < 4.78 is 0. The van der Waals surface area contributed by atoms with Crippen molar-refractivity contribution in [1.82, 2.24) is 0 Å². The molecule has 0 fully saturated rings. The van der Waals surface area contributed by atoms with Gasteiger partial charge in [0.1, 0.15) is 0 Å². The Kier molecular flexibility index (Phi) is 10.0. The van der Waals surface area contributed by atoms with Gasteiger partial charge in [-0.1, -0.05) is 36.4 Å². The highest BCUT2D eigenvalue weighted by Crippen LogP contribution is 2.36. The van der Waals surface area contributed by atoms with Crippen LogP contribution in [0.25, 0.3) is 0 Å². The highest BCUT2D eigenvalue weighted by atomic mass is 31.1. The number of hydrogen-bond acceptors (Lipinski definition) is 3. The zero-order valence-electron chi connectivity index (χ0n) is 23.7. The summed E-state index contributed by atoms with van der Waals surface area (Å²) in [7, 11) is 11.8. The van der Waals surface area contributed by atoms with Gasteiger partial charge in [-0.2, -0.15) is 0 Å². The third-order valence-electron chi connectivity index (χ3n) is 6.33. The minimum absolute atomic E-state index is 0.844. The van der Waals surface area contributed by atoms with Crippen LogP contribution in [-0.4, -0.2) is 59.8 Å². The van der Waals surface area contributed by atoms with Crippen molar-refractivity contribution in [2.75, 3.05) is 42.3 Å². The number of aliphatic imine (C=N–C) groups is 3. The van der Waals surface area contributed by atoms with Gasteiger partial charge in [0.15, 0.2) is 17.5 Å². The van der Waals surface area contributed by atoms with Gasteiger partial charge in [-0.05, 0) is 60.2 Å². The van der Waals surface area contributed by atoms with Gasteiger partial charge in [0.2, 0.25) is 0 Å². The van der Waals surface area contributed by atoms with Gasteiger partial charge < -0.3 is 0 Å². The topological polar surface area (TPSA) is 50.4 Å². The largest absolute Gasteiger partial charge is 0.295 e. The molecule has 3 N–H and O–H groups in total. The lowest BCUT2D eigenvalue weighted by molar-refractivity contribution is -0.758. The van der Waals surface area contributed by atoms with Gasteiger partial charge in [0.05, 0.1) is 59.3 Å². The molecule has 0 amide bonds. The van der Waals surface area contributed by atoms with Crippen LogP contribution < -0.4 is 30.6 Å². The number of benzene rings is 3. The lowest BCUT2D eigenvalue weighted by Gasteiger charge is -2.20. The lowest BCUT2D eigenvalue weighted by atomic mass is 10.3. The average Bonchev–Trinajstić information content (AvgIpc) is 2.84. The molecule has 0 aliphatic rings. The molecular weight excluding hydrogens is 475 g/mol. The van der Waals surface area contributed by atoms with Crippen molar-refractivity contribution in [2.45, 2.75) is 20.8 Å². The molecular formula is C30H42N6P+3. The predicted molar refractivity (Wildman–Crippen MR) is 162 cm³/mol. The number of nitrogens with one attached hydrogen (secondary N) is 3. The van der Waals surface area contributed by atoms with Crippen LogP contribution in [0.5, 0.6) is 0 Å². The monoisotopic (exact) mass is 517 g/mol. The summed E-state index contributed by atoms with van der Waals surface area (Å²) in [5.41, 5.74) is 2.93. The molecule has 194 valence electrons. The molecule has 3 rings (SSSR count). The average molecular weight is 518 g/mol. The number of amidine groups is 3. The highest BCUT2D eigenvalue weighted by molar-refractivity contribution is 7.79. The minimum Gasteiger partial charge on any atom is -0.295 e. The van der Waals surface area contributed by atoms with Gasteiger partial charge in [0.25, 0.3) is 0 Å². The summed E-state index contributed by atoms with van der Waals surface area (Å²) >= 11 is 0. The van der Waals surface area contributed by atoms with Crippen molar-refractivity contribution in [1.29, 1.82) is 0 Å². The van der Waals surface area contributed by atoms with E-state index in [0.717, 1.165) is 34.6 Å². The Hall–Kier alpha value is -3.02. The minimum atomic E-state index is -0.844. The lowest BCUT2D eigenvalue weighted by Crippen LogP contribution is -3.08. The van der Waals surface area contributed by atoms with Crippen LogP contribution in [-0.2, 0) is 0 Å². The van der Waals surface area contributed by atoms with Crippen LogP contribution >= 0.6 is 7.92 Å². The molecule has 0 saturated carbocycles. The van der Waals surface area contributed by atoms with Crippen molar-refractivity contribution >= 4 is 58.4 Å². The molecule has 0 saturated heterocycles. The highest BCUT2D eigenvalue weighted by Gasteiger charge is 2.19. The van der Waals surface area contributed by atoms with E-state index >= 15 is 0 Å². The Morgan fingerprint density at radius 1 is 0.486 bits per heavy atom. The van der Waals surface area contributed by atoms with Crippen molar-refractivity contribution in [3.63, 3.8) is 0 Å². The number of hydrogen-bond donors (Lipinski definition) is 3.